The van der Waals surface area contributed by atoms with Crippen molar-refractivity contribution in [2.45, 2.75) is 6.92 Å². The van der Waals surface area contributed by atoms with Crippen molar-refractivity contribution in [1.82, 2.24) is 0 Å². The highest BCUT2D eigenvalue weighted by atomic mass is 127. The first-order valence-electron chi connectivity index (χ1n) is 5.01. The zero-order chi connectivity index (χ0) is 13.1. The van der Waals surface area contributed by atoms with E-state index in [1.807, 2.05) is 25.1 Å². The summed E-state index contributed by atoms with van der Waals surface area (Å²) >= 11 is 2.13. The van der Waals surface area contributed by atoms with Gasteiger partial charge in [-0.25, -0.2) is 0 Å². The van der Waals surface area contributed by atoms with Crippen LogP contribution in [0, 0.1) is 10.5 Å². The van der Waals surface area contributed by atoms with Crippen LogP contribution in [0.5, 0.6) is 0 Å². The largest absolute Gasteiger partial charge is 0.0611 e. The third-order valence-electron chi connectivity index (χ3n) is 2.56. The Kier molecular flexibility index (Phi) is 3.57. The Morgan fingerprint density at radius 2 is 1.83 bits per heavy atom. The van der Waals surface area contributed by atoms with E-state index in [0.717, 1.165) is 19.9 Å². The van der Waals surface area contributed by atoms with Crippen LogP contribution in [0.3, 0.4) is 0 Å². The van der Waals surface area contributed by atoms with Gasteiger partial charge < -0.3 is 0 Å². The Balaban J connectivity index is 2.93. The topological polar surface area (TPSA) is 97.5 Å². The summed E-state index contributed by atoms with van der Waals surface area (Å²) in [5.74, 6) is 0. The number of rotatable bonds is 2. The number of benzene rings is 2. The van der Waals surface area contributed by atoms with Crippen LogP contribution >= 0.6 is 22.6 Å². The predicted molar refractivity (Wildman–Crippen MR) is 79.0 cm³/mol. The average molecular weight is 350 g/mol. The summed E-state index contributed by atoms with van der Waals surface area (Å²) < 4.78 is 0.857. The van der Waals surface area contributed by atoms with Gasteiger partial charge in [0, 0.05) is 19.1 Å². The van der Waals surface area contributed by atoms with E-state index >= 15 is 0 Å². The minimum atomic E-state index is 0.573. The van der Waals surface area contributed by atoms with Crippen molar-refractivity contribution in [3.63, 3.8) is 0 Å². The summed E-state index contributed by atoms with van der Waals surface area (Å²) in [7, 11) is 0. The fourth-order valence-corrected chi connectivity index (χ4v) is 2.79. The van der Waals surface area contributed by atoms with Crippen LogP contribution in [0.15, 0.2) is 34.5 Å². The number of fused-ring (bicyclic) bond motifs is 1. The molecule has 0 atom stereocenters. The number of aryl methyl sites for hydroxylation is 1. The first kappa shape index (κ1) is 12.5. The summed E-state index contributed by atoms with van der Waals surface area (Å²) in [5.41, 5.74) is 19.2. The van der Waals surface area contributed by atoms with Crippen LogP contribution in [0.1, 0.15) is 5.56 Å². The molecule has 0 saturated carbocycles. The standard InChI is InChI=1S/C11H7IN6/c1-6-5-8-7(10(12)11(6)16-18-14)3-2-4-9(8)15-17-13/h2-5H,1H3. The molecule has 0 unspecified atom stereocenters. The monoisotopic (exact) mass is 350 g/mol. The SMILES string of the molecule is Cc1cc2c(N=[N+]=[N-])cccc2c(I)c1N=[N+]=[N-]. The van der Waals surface area contributed by atoms with Gasteiger partial charge in [0.05, 0.1) is 5.69 Å². The lowest BCUT2D eigenvalue weighted by Gasteiger charge is -2.09. The minimum Gasteiger partial charge on any atom is -0.0611 e. The van der Waals surface area contributed by atoms with Crippen LogP contribution in [-0.4, -0.2) is 0 Å². The number of hydrogen-bond acceptors (Lipinski definition) is 2. The van der Waals surface area contributed by atoms with Crippen molar-refractivity contribution in [1.29, 1.82) is 0 Å². The highest BCUT2D eigenvalue weighted by Gasteiger charge is 2.09. The van der Waals surface area contributed by atoms with Gasteiger partial charge in [-0.3, -0.25) is 0 Å². The molecule has 0 N–H and O–H groups in total. The fraction of sp³-hybridized carbons (Fsp3) is 0.0909. The molecule has 0 bridgehead atoms. The normalized spacial score (nSPS) is 9.67. The molecule has 0 spiro atoms. The zero-order valence-electron chi connectivity index (χ0n) is 9.37. The molecule has 18 heavy (non-hydrogen) atoms. The van der Waals surface area contributed by atoms with Crippen LogP contribution < -0.4 is 0 Å². The summed E-state index contributed by atoms with van der Waals surface area (Å²) in [6, 6.07) is 7.34. The quantitative estimate of drug-likeness (QED) is 0.290. The van der Waals surface area contributed by atoms with Gasteiger partial charge in [0.1, 0.15) is 0 Å². The fourth-order valence-electron chi connectivity index (χ4n) is 1.78. The van der Waals surface area contributed by atoms with Gasteiger partial charge in [0.2, 0.25) is 0 Å². The van der Waals surface area contributed by atoms with E-state index in [1.165, 1.54) is 0 Å². The molecule has 0 aromatic heterocycles. The van der Waals surface area contributed by atoms with Crippen molar-refractivity contribution < 1.29 is 0 Å². The highest BCUT2D eigenvalue weighted by molar-refractivity contribution is 14.1. The second kappa shape index (κ2) is 5.14. The first-order chi connectivity index (χ1) is 8.69. The predicted octanol–water partition coefficient (Wildman–Crippen LogP) is 5.64. The molecule has 0 heterocycles. The summed E-state index contributed by atoms with van der Waals surface area (Å²) in [6.07, 6.45) is 0. The second-order valence-electron chi connectivity index (χ2n) is 3.61. The van der Waals surface area contributed by atoms with Crippen molar-refractivity contribution in [2.24, 2.45) is 10.2 Å². The minimum absolute atomic E-state index is 0.573. The van der Waals surface area contributed by atoms with Gasteiger partial charge in [0.25, 0.3) is 0 Å². The Labute approximate surface area is 116 Å². The average Bonchev–Trinajstić information content (AvgIpc) is 2.36. The summed E-state index contributed by atoms with van der Waals surface area (Å²) in [4.78, 5) is 5.65. The molecule has 6 nitrogen and oxygen atoms in total. The second-order valence-corrected chi connectivity index (χ2v) is 4.69. The van der Waals surface area contributed by atoms with E-state index in [0.29, 0.717) is 11.4 Å². The van der Waals surface area contributed by atoms with Crippen LogP contribution in [-0.2, 0) is 0 Å². The van der Waals surface area contributed by atoms with Gasteiger partial charge in [-0.05, 0) is 56.9 Å². The Morgan fingerprint density at radius 3 is 2.50 bits per heavy atom. The smallest absolute Gasteiger partial charge is 0.0544 e. The molecule has 0 saturated heterocycles. The number of azide groups is 2. The summed E-state index contributed by atoms with van der Waals surface area (Å²) in [5, 5.41) is 9.13. The number of halogens is 1. The van der Waals surface area contributed by atoms with Crippen LogP contribution in [0.4, 0.5) is 11.4 Å². The molecule has 0 aliphatic heterocycles. The van der Waals surface area contributed by atoms with Crippen molar-refractivity contribution in [2.75, 3.05) is 0 Å². The van der Waals surface area contributed by atoms with E-state index in [-0.39, 0.29) is 0 Å². The maximum Gasteiger partial charge on any atom is 0.0544 e. The number of hydrogen-bond donors (Lipinski definition) is 0. The van der Waals surface area contributed by atoms with E-state index in [2.05, 4.69) is 42.6 Å². The maximum absolute atomic E-state index is 8.57. The number of nitrogens with zero attached hydrogens (tertiary/aromatic N) is 6. The van der Waals surface area contributed by atoms with E-state index in [1.54, 1.807) is 6.07 Å². The molecular weight excluding hydrogens is 343 g/mol. The molecule has 0 amide bonds. The molecule has 0 aliphatic carbocycles. The van der Waals surface area contributed by atoms with Crippen LogP contribution in [0.25, 0.3) is 31.7 Å². The Bertz CT molecular complexity index is 726. The first-order valence-corrected chi connectivity index (χ1v) is 6.09. The maximum atomic E-state index is 8.57. The van der Waals surface area contributed by atoms with Crippen LogP contribution in [0.2, 0.25) is 0 Å². The molecule has 0 aliphatic rings. The Morgan fingerprint density at radius 1 is 1.11 bits per heavy atom. The molecule has 2 rings (SSSR count). The molecule has 0 radical (unpaired) electrons. The zero-order valence-corrected chi connectivity index (χ0v) is 11.5. The third kappa shape index (κ3) is 2.06. The van der Waals surface area contributed by atoms with Crippen molar-refractivity contribution in [3.05, 3.63) is 54.3 Å². The lowest BCUT2D eigenvalue weighted by molar-refractivity contribution is 1.37. The van der Waals surface area contributed by atoms with E-state index < -0.39 is 0 Å². The lowest BCUT2D eigenvalue weighted by Crippen LogP contribution is -1.84. The highest BCUT2D eigenvalue weighted by Crippen LogP contribution is 2.37. The summed E-state index contributed by atoms with van der Waals surface area (Å²) in [6.45, 7) is 1.86. The molecule has 0 fully saturated rings. The molecule has 7 heteroatoms. The van der Waals surface area contributed by atoms with E-state index in [4.69, 9.17) is 11.1 Å². The van der Waals surface area contributed by atoms with Gasteiger partial charge in [-0.15, -0.1) is 0 Å². The van der Waals surface area contributed by atoms with Crippen molar-refractivity contribution in [3.8, 4) is 0 Å². The van der Waals surface area contributed by atoms with Gasteiger partial charge >= 0.3 is 0 Å². The molecule has 2 aromatic carbocycles. The van der Waals surface area contributed by atoms with Gasteiger partial charge in [-0.1, -0.05) is 34.5 Å². The van der Waals surface area contributed by atoms with E-state index in [9.17, 15) is 0 Å². The molecule has 2 aromatic rings. The third-order valence-corrected chi connectivity index (χ3v) is 3.65. The lowest BCUT2D eigenvalue weighted by atomic mass is 10.0. The Hall–Kier alpha value is -1.95. The molecular formula is C11H7IN6. The van der Waals surface area contributed by atoms with Gasteiger partial charge in [0.15, 0.2) is 0 Å². The van der Waals surface area contributed by atoms with Gasteiger partial charge in [-0.2, -0.15) is 0 Å². The van der Waals surface area contributed by atoms with Crippen molar-refractivity contribution >= 4 is 44.7 Å². The molecule has 88 valence electrons.